The summed E-state index contributed by atoms with van der Waals surface area (Å²) in [6, 6.07) is 16.3. The van der Waals surface area contributed by atoms with Crippen molar-refractivity contribution in [2.24, 2.45) is 5.92 Å². The molecule has 4 rings (SSSR count). The zero-order valence-electron chi connectivity index (χ0n) is 17.7. The number of nitrogens with zero attached hydrogens (tertiary/aromatic N) is 1. The number of hydrogen-bond acceptors (Lipinski definition) is 3. The number of imidazole rings is 1. The van der Waals surface area contributed by atoms with E-state index in [4.69, 9.17) is 4.74 Å². The van der Waals surface area contributed by atoms with Gasteiger partial charge in [0, 0.05) is 5.56 Å². The van der Waals surface area contributed by atoms with Crippen LogP contribution in [0.3, 0.4) is 0 Å². The molecule has 1 aliphatic rings. The van der Waals surface area contributed by atoms with Gasteiger partial charge < -0.3 is 9.72 Å². The molecule has 1 saturated carbocycles. The zero-order valence-corrected chi connectivity index (χ0v) is 17.7. The van der Waals surface area contributed by atoms with Crippen molar-refractivity contribution in [1.82, 2.24) is 9.97 Å². The first-order valence-corrected chi connectivity index (χ1v) is 11.0. The van der Waals surface area contributed by atoms with E-state index in [-0.39, 0.29) is 12.6 Å². The van der Waals surface area contributed by atoms with Gasteiger partial charge in [0.25, 0.3) is 0 Å². The third-order valence-corrected chi connectivity index (χ3v) is 6.13. The highest BCUT2D eigenvalue weighted by atomic mass is 16.5. The maximum atomic E-state index is 12.4. The number of aromatic nitrogens is 2. The molecule has 1 aliphatic carbocycles. The Kier molecular flexibility index (Phi) is 6.63. The van der Waals surface area contributed by atoms with E-state index in [1.165, 1.54) is 44.1 Å². The number of hydrogen-bond donors (Lipinski definition) is 1. The lowest BCUT2D eigenvalue weighted by atomic mass is 9.85. The fourth-order valence-electron chi connectivity index (χ4n) is 4.29. The molecule has 4 heteroatoms. The molecule has 0 amide bonds. The average Bonchev–Trinajstić information content (AvgIpc) is 3.28. The Balaban J connectivity index is 1.41. The van der Waals surface area contributed by atoms with Gasteiger partial charge in [0.1, 0.15) is 18.1 Å². The largest absolute Gasteiger partial charge is 0.456 e. The SMILES string of the molecule is Cc1ccc(CCC2CCCCC2)cc1-c1ncc(C(=O)OCc2ccccc2)[nH]1. The van der Waals surface area contributed by atoms with Crippen LogP contribution in [0.2, 0.25) is 0 Å². The molecule has 1 aromatic heterocycles. The molecule has 1 heterocycles. The second kappa shape index (κ2) is 9.75. The van der Waals surface area contributed by atoms with Crippen molar-refractivity contribution in [2.45, 2.75) is 58.5 Å². The summed E-state index contributed by atoms with van der Waals surface area (Å²) >= 11 is 0. The minimum absolute atomic E-state index is 0.254. The van der Waals surface area contributed by atoms with Crippen LogP contribution in [-0.2, 0) is 17.8 Å². The van der Waals surface area contributed by atoms with E-state index in [1.807, 2.05) is 30.3 Å². The number of carbonyl (C=O) groups excluding carboxylic acids is 1. The number of benzene rings is 2. The molecule has 1 N–H and O–H groups in total. The van der Waals surface area contributed by atoms with Crippen LogP contribution in [-0.4, -0.2) is 15.9 Å². The summed E-state index contributed by atoms with van der Waals surface area (Å²) in [5.41, 5.74) is 4.89. The molecule has 0 unspecified atom stereocenters. The lowest BCUT2D eigenvalue weighted by molar-refractivity contribution is 0.0466. The van der Waals surface area contributed by atoms with Crippen LogP contribution in [0.25, 0.3) is 11.4 Å². The van der Waals surface area contributed by atoms with Crippen molar-refractivity contribution < 1.29 is 9.53 Å². The second-order valence-electron chi connectivity index (χ2n) is 8.40. The third-order valence-electron chi connectivity index (χ3n) is 6.13. The van der Waals surface area contributed by atoms with Crippen LogP contribution < -0.4 is 0 Å². The fourth-order valence-corrected chi connectivity index (χ4v) is 4.29. The van der Waals surface area contributed by atoms with Gasteiger partial charge in [0.15, 0.2) is 0 Å². The predicted octanol–water partition coefficient (Wildman–Crippen LogP) is 6.26. The van der Waals surface area contributed by atoms with E-state index in [2.05, 4.69) is 35.1 Å². The van der Waals surface area contributed by atoms with E-state index < -0.39 is 0 Å². The molecule has 4 nitrogen and oxygen atoms in total. The molecule has 0 bridgehead atoms. The third kappa shape index (κ3) is 5.18. The van der Waals surface area contributed by atoms with Crippen LogP contribution in [0, 0.1) is 12.8 Å². The molecule has 0 atom stereocenters. The Bertz CT molecular complexity index is 972. The Labute approximate surface area is 178 Å². The Morgan fingerprint density at radius 1 is 1.07 bits per heavy atom. The first-order valence-electron chi connectivity index (χ1n) is 11.0. The number of rotatable bonds is 7. The molecule has 1 fully saturated rings. The smallest absolute Gasteiger partial charge is 0.356 e. The van der Waals surface area contributed by atoms with Gasteiger partial charge in [-0.2, -0.15) is 0 Å². The summed E-state index contributed by atoms with van der Waals surface area (Å²) in [5, 5.41) is 0. The minimum Gasteiger partial charge on any atom is -0.456 e. The standard InChI is InChI=1S/C26H30N2O2/c1-19-12-13-21(15-14-20-8-4-2-5-9-20)16-23(19)25-27-17-24(28-25)26(29)30-18-22-10-6-3-7-11-22/h3,6-7,10-13,16-17,20H,2,4-5,8-9,14-15,18H2,1H3,(H,27,28). The number of esters is 1. The molecule has 0 spiro atoms. The van der Waals surface area contributed by atoms with E-state index in [9.17, 15) is 4.79 Å². The van der Waals surface area contributed by atoms with Crippen molar-refractivity contribution >= 4 is 5.97 Å². The zero-order chi connectivity index (χ0) is 20.8. The maximum Gasteiger partial charge on any atom is 0.356 e. The monoisotopic (exact) mass is 402 g/mol. The van der Waals surface area contributed by atoms with Crippen LogP contribution in [0.15, 0.2) is 54.7 Å². The van der Waals surface area contributed by atoms with E-state index in [0.717, 1.165) is 34.9 Å². The topological polar surface area (TPSA) is 55.0 Å². The van der Waals surface area contributed by atoms with Crippen molar-refractivity contribution in [2.75, 3.05) is 0 Å². The van der Waals surface area contributed by atoms with Gasteiger partial charge in [0.2, 0.25) is 0 Å². The van der Waals surface area contributed by atoms with E-state index >= 15 is 0 Å². The summed E-state index contributed by atoms with van der Waals surface area (Å²) in [4.78, 5) is 20.0. The Morgan fingerprint density at radius 2 is 1.87 bits per heavy atom. The first-order chi connectivity index (χ1) is 14.7. The summed E-state index contributed by atoms with van der Waals surface area (Å²) in [6.45, 7) is 2.33. The minimum atomic E-state index is -0.385. The van der Waals surface area contributed by atoms with Gasteiger partial charge in [-0.3, -0.25) is 0 Å². The summed E-state index contributed by atoms with van der Waals surface area (Å²) in [7, 11) is 0. The lowest BCUT2D eigenvalue weighted by Gasteiger charge is -2.21. The highest BCUT2D eigenvalue weighted by Gasteiger charge is 2.16. The average molecular weight is 403 g/mol. The Hall–Kier alpha value is -2.88. The molecule has 156 valence electrons. The van der Waals surface area contributed by atoms with Crippen LogP contribution in [0.4, 0.5) is 0 Å². The van der Waals surface area contributed by atoms with Gasteiger partial charge in [-0.15, -0.1) is 0 Å². The lowest BCUT2D eigenvalue weighted by Crippen LogP contribution is -2.07. The number of carbonyl (C=O) groups is 1. The first kappa shape index (κ1) is 20.4. The molecule has 0 radical (unpaired) electrons. The number of H-pyrrole nitrogens is 1. The molecule has 3 aromatic rings. The Morgan fingerprint density at radius 3 is 2.67 bits per heavy atom. The summed E-state index contributed by atoms with van der Waals surface area (Å²) in [6.07, 6.45) is 10.9. The van der Waals surface area contributed by atoms with Crippen LogP contribution in [0.5, 0.6) is 0 Å². The van der Waals surface area contributed by atoms with Crippen molar-refractivity contribution in [3.05, 3.63) is 77.1 Å². The normalized spacial score (nSPS) is 14.6. The predicted molar refractivity (Wildman–Crippen MR) is 119 cm³/mol. The van der Waals surface area contributed by atoms with Gasteiger partial charge in [-0.05, 0) is 48.4 Å². The highest BCUT2D eigenvalue weighted by Crippen LogP contribution is 2.29. The van der Waals surface area contributed by atoms with Gasteiger partial charge in [-0.25, -0.2) is 9.78 Å². The van der Waals surface area contributed by atoms with Crippen LogP contribution in [0.1, 0.15) is 65.7 Å². The summed E-state index contributed by atoms with van der Waals surface area (Å²) < 4.78 is 5.41. The van der Waals surface area contributed by atoms with Gasteiger partial charge in [0.05, 0.1) is 6.20 Å². The quantitative estimate of drug-likeness (QED) is 0.475. The summed E-state index contributed by atoms with van der Waals surface area (Å²) in [5.74, 6) is 1.21. The van der Waals surface area contributed by atoms with Gasteiger partial charge >= 0.3 is 5.97 Å². The molecular formula is C26H30N2O2. The maximum absolute atomic E-state index is 12.4. The number of ether oxygens (including phenoxy) is 1. The molecule has 30 heavy (non-hydrogen) atoms. The number of nitrogens with one attached hydrogen (secondary N) is 1. The van der Waals surface area contributed by atoms with Crippen molar-refractivity contribution in [3.63, 3.8) is 0 Å². The van der Waals surface area contributed by atoms with Crippen molar-refractivity contribution in [1.29, 1.82) is 0 Å². The van der Waals surface area contributed by atoms with Crippen molar-refractivity contribution in [3.8, 4) is 11.4 Å². The molecule has 0 aliphatic heterocycles. The van der Waals surface area contributed by atoms with E-state index in [1.54, 1.807) is 6.20 Å². The van der Waals surface area contributed by atoms with Crippen LogP contribution >= 0.6 is 0 Å². The van der Waals surface area contributed by atoms with E-state index in [0.29, 0.717) is 5.69 Å². The second-order valence-corrected chi connectivity index (χ2v) is 8.40. The highest BCUT2D eigenvalue weighted by molar-refractivity contribution is 5.87. The molecule has 0 saturated heterocycles. The molecule has 2 aromatic carbocycles. The van der Waals surface area contributed by atoms with Gasteiger partial charge in [-0.1, -0.05) is 74.6 Å². The number of aryl methyl sites for hydroxylation is 2. The number of aromatic amines is 1. The molecular weight excluding hydrogens is 372 g/mol. The fraction of sp³-hybridized carbons (Fsp3) is 0.385.